The number of rotatable bonds is 7. The van der Waals surface area contributed by atoms with Crippen LogP contribution in [0.1, 0.15) is 43.7 Å². The van der Waals surface area contributed by atoms with Gasteiger partial charge in [-0.25, -0.2) is 18.2 Å². The lowest BCUT2D eigenvalue weighted by Crippen LogP contribution is -2.60. The van der Waals surface area contributed by atoms with Gasteiger partial charge in [0, 0.05) is 50.8 Å². The van der Waals surface area contributed by atoms with Crippen molar-refractivity contribution in [2.24, 2.45) is 0 Å². The smallest absolute Gasteiger partial charge is 0.392 e. The average Bonchev–Trinajstić information content (AvgIpc) is 2.78. The lowest BCUT2D eigenvalue weighted by atomic mass is 9.94. The molecule has 2 fully saturated rings. The molecule has 1 aromatic heterocycles. The molecule has 2 N–H and O–H groups in total. The van der Waals surface area contributed by atoms with Crippen molar-refractivity contribution in [1.82, 2.24) is 14.8 Å². The second kappa shape index (κ2) is 11.2. The third kappa shape index (κ3) is 6.27. The Bertz CT molecular complexity index is 887. The number of aromatic nitrogens is 1. The topological polar surface area (TPSA) is 118 Å². The van der Waals surface area contributed by atoms with E-state index in [0.717, 1.165) is 0 Å². The minimum atomic E-state index is -4.29. The maximum atomic E-state index is 13.3. The minimum absolute atomic E-state index is 0. The molecule has 0 bridgehead atoms. The Morgan fingerprint density at radius 3 is 2.42 bits per heavy atom. The molecule has 0 atom stereocenters. The fraction of sp³-hybridized carbons (Fsp3) is 0.684. The Morgan fingerprint density at radius 2 is 1.91 bits per heavy atom. The zero-order chi connectivity index (χ0) is 23.4. The van der Waals surface area contributed by atoms with Crippen molar-refractivity contribution in [2.75, 3.05) is 32.9 Å². The van der Waals surface area contributed by atoms with Crippen LogP contribution in [0.5, 0.6) is 5.75 Å². The first-order valence-electron chi connectivity index (χ1n) is 10.3. The summed E-state index contributed by atoms with van der Waals surface area (Å²) in [5, 5.41) is 9.12. The number of ether oxygens (including phenoxy) is 2. The van der Waals surface area contributed by atoms with E-state index in [1.54, 1.807) is 12.1 Å². The molecule has 0 unspecified atom stereocenters. The molecule has 33 heavy (non-hydrogen) atoms. The molecule has 0 aromatic carbocycles. The van der Waals surface area contributed by atoms with E-state index >= 15 is 0 Å². The number of alkyl halides is 3. The lowest BCUT2D eigenvalue weighted by Gasteiger charge is -2.40. The molecule has 0 spiro atoms. The van der Waals surface area contributed by atoms with Gasteiger partial charge in [-0.1, -0.05) is 0 Å². The molecule has 0 aliphatic carbocycles. The zero-order valence-corrected chi connectivity index (χ0v) is 19.3. The molecule has 1 aromatic rings. The van der Waals surface area contributed by atoms with Crippen molar-refractivity contribution >= 4 is 28.3 Å². The highest BCUT2D eigenvalue weighted by molar-refractivity contribution is 7.91. The summed E-state index contributed by atoms with van der Waals surface area (Å²) in [5.41, 5.74) is 2.19. The maximum absolute atomic E-state index is 13.3. The van der Waals surface area contributed by atoms with E-state index in [1.807, 2.05) is 0 Å². The summed E-state index contributed by atoms with van der Waals surface area (Å²) in [6, 6.07) is 3.21. The number of amides is 1. The van der Waals surface area contributed by atoms with Crippen LogP contribution in [-0.4, -0.2) is 72.7 Å². The first kappa shape index (κ1) is 27.6. The Labute approximate surface area is 196 Å². The predicted octanol–water partition coefficient (Wildman–Crippen LogP) is 2.40. The van der Waals surface area contributed by atoms with Gasteiger partial charge >= 0.3 is 6.18 Å². The second-order valence-corrected chi connectivity index (χ2v) is 10.1. The van der Waals surface area contributed by atoms with Crippen LogP contribution in [0.25, 0.3) is 0 Å². The number of sulfonamides is 1. The highest BCUT2D eigenvalue weighted by atomic mass is 35.5. The van der Waals surface area contributed by atoms with Crippen LogP contribution >= 0.6 is 12.4 Å². The molecule has 3 heterocycles. The van der Waals surface area contributed by atoms with Gasteiger partial charge in [0.1, 0.15) is 5.75 Å². The number of hydroxylamine groups is 1. The molecule has 0 radical (unpaired) electrons. The third-order valence-electron chi connectivity index (χ3n) is 5.94. The van der Waals surface area contributed by atoms with Gasteiger partial charge in [0.2, 0.25) is 10.0 Å². The van der Waals surface area contributed by atoms with Gasteiger partial charge in [0.05, 0.1) is 19.2 Å². The van der Waals surface area contributed by atoms with Crippen molar-refractivity contribution in [3.05, 3.63) is 24.0 Å². The van der Waals surface area contributed by atoms with Gasteiger partial charge in [-0.3, -0.25) is 15.0 Å². The van der Waals surface area contributed by atoms with Crippen LogP contribution in [0.15, 0.2) is 18.3 Å². The molecule has 3 rings (SSSR count). The van der Waals surface area contributed by atoms with Crippen molar-refractivity contribution in [3.8, 4) is 5.75 Å². The highest BCUT2D eigenvalue weighted by Crippen LogP contribution is 2.36. The molecule has 0 saturated carbocycles. The van der Waals surface area contributed by atoms with E-state index in [1.165, 1.54) is 16.0 Å². The van der Waals surface area contributed by atoms with E-state index in [9.17, 15) is 26.4 Å². The van der Waals surface area contributed by atoms with Gasteiger partial charge in [-0.05, 0) is 25.0 Å². The second-order valence-electron chi connectivity index (χ2n) is 7.86. The molecule has 2 aliphatic heterocycles. The fourth-order valence-corrected chi connectivity index (χ4v) is 6.20. The van der Waals surface area contributed by atoms with Crippen LogP contribution in [0, 0.1) is 0 Å². The normalized spacial score (nSPS) is 20.0. The third-order valence-corrected chi connectivity index (χ3v) is 8.56. The number of nitrogens with zero attached hydrogens (tertiary/aromatic N) is 2. The first-order chi connectivity index (χ1) is 15.1. The average molecular weight is 518 g/mol. The number of hydrogen-bond acceptors (Lipinski definition) is 7. The minimum Gasteiger partial charge on any atom is -0.492 e. The summed E-state index contributed by atoms with van der Waals surface area (Å²) < 4.78 is 73.0. The summed E-state index contributed by atoms with van der Waals surface area (Å²) in [6.07, 6.45) is -3.14. The van der Waals surface area contributed by atoms with E-state index in [4.69, 9.17) is 14.7 Å². The van der Waals surface area contributed by atoms with Crippen LogP contribution in [0.4, 0.5) is 13.2 Å². The number of halogens is 4. The maximum Gasteiger partial charge on any atom is 0.392 e. The van der Waals surface area contributed by atoms with Crippen molar-refractivity contribution in [3.63, 3.8) is 0 Å². The van der Waals surface area contributed by atoms with Crippen molar-refractivity contribution < 1.29 is 41.1 Å². The molecule has 14 heteroatoms. The molecule has 2 aliphatic rings. The van der Waals surface area contributed by atoms with Gasteiger partial charge in [-0.2, -0.15) is 13.2 Å². The molecule has 9 nitrogen and oxygen atoms in total. The number of nitrogens with one attached hydrogen (secondary N) is 1. The summed E-state index contributed by atoms with van der Waals surface area (Å²) in [4.78, 5) is 16.6. The monoisotopic (exact) mass is 517 g/mol. The quantitative estimate of drug-likeness (QED) is 0.421. The molecule has 2 saturated heterocycles. The SMILES string of the molecule is Cl.O=C(NO)C1(S(=O)(=O)N2CCC(c3ccc(OCCC(F)(F)F)cn3)CC2)CCOCC1. The summed E-state index contributed by atoms with van der Waals surface area (Å²) >= 11 is 0. The van der Waals surface area contributed by atoms with Crippen LogP contribution in [0.3, 0.4) is 0 Å². The predicted molar refractivity (Wildman–Crippen MR) is 113 cm³/mol. The van der Waals surface area contributed by atoms with E-state index in [-0.39, 0.29) is 63.2 Å². The standard InChI is InChI=1S/C19H26F3N3O6S.ClH/c20-19(21,22)7-12-31-15-1-2-16(23-13-15)14-3-8-25(9-4-14)32(28,29)18(17(26)24-27)5-10-30-11-6-18;/h1-2,13-14,27H,3-12H2,(H,24,26);1H. The number of piperidine rings is 1. The Balaban J connectivity index is 0.00000385. The zero-order valence-electron chi connectivity index (χ0n) is 17.7. The van der Waals surface area contributed by atoms with E-state index < -0.39 is 39.9 Å². The lowest BCUT2D eigenvalue weighted by molar-refractivity contribution is -0.139. The molecule has 188 valence electrons. The van der Waals surface area contributed by atoms with Gasteiger partial charge in [-0.15, -0.1) is 12.4 Å². The van der Waals surface area contributed by atoms with Crippen molar-refractivity contribution in [1.29, 1.82) is 0 Å². The van der Waals surface area contributed by atoms with E-state index in [0.29, 0.717) is 18.5 Å². The Kier molecular flexibility index (Phi) is 9.33. The number of carbonyl (C=O) groups excluding carboxylic acids is 1. The largest absolute Gasteiger partial charge is 0.492 e. The van der Waals surface area contributed by atoms with E-state index in [2.05, 4.69) is 4.98 Å². The van der Waals surface area contributed by atoms with Crippen molar-refractivity contribution in [2.45, 2.75) is 48.9 Å². The van der Waals surface area contributed by atoms with Crippen LogP contribution in [0.2, 0.25) is 0 Å². The van der Waals surface area contributed by atoms with Crippen LogP contribution in [-0.2, 0) is 19.6 Å². The van der Waals surface area contributed by atoms with Gasteiger partial charge in [0.15, 0.2) is 4.75 Å². The van der Waals surface area contributed by atoms with Gasteiger partial charge in [0.25, 0.3) is 5.91 Å². The summed E-state index contributed by atoms with van der Waals surface area (Å²) in [7, 11) is -4.04. The molecule has 1 amide bonds. The van der Waals surface area contributed by atoms with Crippen LogP contribution < -0.4 is 10.2 Å². The number of hydrogen-bond donors (Lipinski definition) is 2. The summed E-state index contributed by atoms with van der Waals surface area (Å²) in [6.45, 7) is 0.0729. The summed E-state index contributed by atoms with van der Waals surface area (Å²) in [5.74, 6) is -0.761. The fourth-order valence-electron chi connectivity index (χ4n) is 4.05. The van der Waals surface area contributed by atoms with Gasteiger partial charge < -0.3 is 9.47 Å². The molecular weight excluding hydrogens is 491 g/mol. The first-order valence-corrected chi connectivity index (χ1v) is 11.7. The molecular formula is C19H27ClF3N3O6S. The highest BCUT2D eigenvalue weighted by Gasteiger charge is 2.54. The Morgan fingerprint density at radius 1 is 1.27 bits per heavy atom. The number of carbonyl (C=O) groups is 1. The Hall–Kier alpha value is -1.67. The number of pyridine rings is 1.